The van der Waals surface area contributed by atoms with Crippen LogP contribution in [0.3, 0.4) is 0 Å². The van der Waals surface area contributed by atoms with E-state index in [1.807, 2.05) is 0 Å². The van der Waals surface area contributed by atoms with Crippen molar-refractivity contribution >= 4 is 28.6 Å². The summed E-state index contributed by atoms with van der Waals surface area (Å²) in [6.07, 6.45) is -0.751. The number of ether oxygens (including phenoxy) is 1. The molecule has 1 aromatic carbocycles. The minimum atomic E-state index is -0.975. The first-order valence-corrected chi connectivity index (χ1v) is 4.57. The molecule has 0 aliphatic rings. The van der Waals surface area contributed by atoms with E-state index in [1.165, 1.54) is 25.1 Å². The van der Waals surface area contributed by atoms with E-state index in [1.54, 1.807) is 0 Å². The fourth-order valence-corrected chi connectivity index (χ4v) is 1.34. The van der Waals surface area contributed by atoms with E-state index in [9.17, 15) is 9.18 Å². The van der Waals surface area contributed by atoms with Crippen LogP contribution in [0.15, 0.2) is 18.2 Å². The Hall–Kier alpha value is -0.800. The minimum Gasteiger partial charge on any atom is -0.446 e. The van der Waals surface area contributed by atoms with Crippen molar-refractivity contribution < 1.29 is 13.9 Å². The average Bonchev–Trinajstić information content (AvgIpc) is 2.08. The molecule has 1 atom stereocenters. The topological polar surface area (TPSA) is 26.3 Å². The van der Waals surface area contributed by atoms with Crippen LogP contribution >= 0.6 is 23.2 Å². The van der Waals surface area contributed by atoms with E-state index in [2.05, 4.69) is 4.74 Å². The normalized spacial score (nSPS) is 12.3. The Morgan fingerprint density at radius 1 is 1.57 bits per heavy atom. The molecule has 2 nitrogen and oxygen atoms in total. The van der Waals surface area contributed by atoms with Gasteiger partial charge in [0.15, 0.2) is 0 Å². The summed E-state index contributed by atoms with van der Waals surface area (Å²) in [5.41, 5.74) is -0.775. The van der Waals surface area contributed by atoms with Crippen molar-refractivity contribution in [3.05, 3.63) is 34.6 Å². The summed E-state index contributed by atoms with van der Waals surface area (Å²) >= 11 is 10.7. The van der Waals surface area contributed by atoms with Crippen molar-refractivity contribution in [2.24, 2.45) is 0 Å². The van der Waals surface area contributed by atoms with Crippen LogP contribution in [0, 0.1) is 5.82 Å². The molecule has 0 radical (unpaired) electrons. The van der Waals surface area contributed by atoms with Gasteiger partial charge in [0.1, 0.15) is 11.9 Å². The van der Waals surface area contributed by atoms with Crippen molar-refractivity contribution in [2.45, 2.75) is 13.0 Å². The highest BCUT2D eigenvalue weighted by Gasteiger charge is 2.14. The van der Waals surface area contributed by atoms with Gasteiger partial charge in [0.25, 0.3) is 0 Å². The predicted octanol–water partition coefficient (Wildman–Crippen LogP) is 3.92. The first kappa shape index (κ1) is 11.3. The number of rotatable bonds is 2. The zero-order chi connectivity index (χ0) is 10.7. The molecule has 1 aromatic rings. The molecule has 0 N–H and O–H groups in total. The Kier molecular flexibility index (Phi) is 3.72. The molecule has 0 aromatic heterocycles. The molecular formula is C9H7Cl2FO2. The Labute approximate surface area is 90.6 Å². The van der Waals surface area contributed by atoms with E-state index in [0.29, 0.717) is 5.02 Å². The van der Waals surface area contributed by atoms with Gasteiger partial charge in [-0.2, -0.15) is 0 Å². The fraction of sp³-hybridized carbons (Fsp3) is 0.222. The zero-order valence-corrected chi connectivity index (χ0v) is 8.77. The highest BCUT2D eigenvalue weighted by atomic mass is 35.5. The molecule has 0 spiro atoms. The van der Waals surface area contributed by atoms with Crippen LogP contribution in [0.4, 0.5) is 9.18 Å². The van der Waals surface area contributed by atoms with Crippen LogP contribution in [-0.4, -0.2) is 5.43 Å². The van der Waals surface area contributed by atoms with Crippen molar-refractivity contribution in [3.8, 4) is 0 Å². The lowest BCUT2D eigenvalue weighted by molar-refractivity contribution is 0.130. The van der Waals surface area contributed by atoms with Crippen molar-refractivity contribution in [3.63, 3.8) is 0 Å². The van der Waals surface area contributed by atoms with Gasteiger partial charge in [-0.1, -0.05) is 11.6 Å². The molecule has 0 bridgehead atoms. The number of hydrogen-bond acceptors (Lipinski definition) is 2. The molecule has 1 rings (SSSR count). The van der Waals surface area contributed by atoms with E-state index < -0.39 is 17.3 Å². The zero-order valence-electron chi connectivity index (χ0n) is 7.26. The first-order valence-electron chi connectivity index (χ1n) is 3.81. The average molecular weight is 237 g/mol. The Bertz CT molecular complexity index is 355. The molecular weight excluding hydrogens is 230 g/mol. The first-order chi connectivity index (χ1) is 6.50. The van der Waals surface area contributed by atoms with Crippen molar-refractivity contribution in [2.75, 3.05) is 0 Å². The maximum Gasteiger partial charge on any atom is 0.404 e. The monoisotopic (exact) mass is 236 g/mol. The van der Waals surface area contributed by atoms with Gasteiger partial charge in [0, 0.05) is 22.2 Å². The highest BCUT2D eigenvalue weighted by Crippen LogP contribution is 2.24. The molecule has 76 valence electrons. The number of halogens is 3. The van der Waals surface area contributed by atoms with E-state index in [-0.39, 0.29) is 5.56 Å². The lowest BCUT2D eigenvalue weighted by Gasteiger charge is -2.12. The van der Waals surface area contributed by atoms with Crippen LogP contribution in [0.5, 0.6) is 0 Å². The van der Waals surface area contributed by atoms with Crippen molar-refractivity contribution in [1.82, 2.24) is 0 Å². The van der Waals surface area contributed by atoms with E-state index >= 15 is 0 Å². The standard InChI is InChI=1S/C9H7Cl2FO2/c1-5(14-9(11)13)7-4-6(10)2-3-8(7)12/h2-5H,1H3/t5-/m1/s1. The lowest BCUT2D eigenvalue weighted by Crippen LogP contribution is -2.04. The third-order valence-corrected chi connectivity index (χ3v) is 1.99. The summed E-state index contributed by atoms with van der Waals surface area (Å²) in [6, 6.07) is 4.01. The maximum atomic E-state index is 13.2. The molecule has 5 heteroatoms. The summed E-state index contributed by atoms with van der Waals surface area (Å²) in [6.45, 7) is 1.51. The van der Waals surface area contributed by atoms with E-state index in [4.69, 9.17) is 23.2 Å². The Morgan fingerprint density at radius 2 is 2.21 bits per heavy atom. The summed E-state index contributed by atoms with van der Waals surface area (Å²) in [5.74, 6) is -0.486. The summed E-state index contributed by atoms with van der Waals surface area (Å²) in [7, 11) is 0. The minimum absolute atomic E-state index is 0.200. The summed E-state index contributed by atoms with van der Waals surface area (Å²) in [5, 5.41) is 0.374. The van der Waals surface area contributed by atoms with E-state index in [0.717, 1.165) is 0 Å². The second kappa shape index (κ2) is 4.62. The third kappa shape index (κ3) is 2.86. The van der Waals surface area contributed by atoms with Crippen LogP contribution in [-0.2, 0) is 4.74 Å². The van der Waals surface area contributed by atoms with Gasteiger partial charge in [-0.3, -0.25) is 0 Å². The maximum absolute atomic E-state index is 13.2. The van der Waals surface area contributed by atoms with Gasteiger partial charge >= 0.3 is 5.43 Å². The molecule has 0 saturated heterocycles. The van der Waals surface area contributed by atoms with Gasteiger partial charge in [-0.25, -0.2) is 9.18 Å². The number of carbonyl (C=O) groups is 1. The van der Waals surface area contributed by atoms with Crippen molar-refractivity contribution in [1.29, 1.82) is 0 Å². The van der Waals surface area contributed by atoms with Gasteiger partial charge in [-0.05, 0) is 25.1 Å². The summed E-state index contributed by atoms with van der Waals surface area (Å²) < 4.78 is 17.8. The number of carbonyl (C=O) groups excluding carboxylic acids is 1. The van der Waals surface area contributed by atoms with Crippen LogP contribution in [0.25, 0.3) is 0 Å². The lowest BCUT2D eigenvalue weighted by atomic mass is 10.1. The third-order valence-electron chi connectivity index (χ3n) is 1.67. The molecule has 0 amide bonds. The van der Waals surface area contributed by atoms with Gasteiger partial charge in [-0.15, -0.1) is 0 Å². The highest BCUT2D eigenvalue weighted by molar-refractivity contribution is 6.61. The second-order valence-corrected chi connectivity index (χ2v) is 3.41. The molecule has 14 heavy (non-hydrogen) atoms. The van der Waals surface area contributed by atoms with Crippen LogP contribution in [0.1, 0.15) is 18.6 Å². The predicted molar refractivity (Wildman–Crippen MR) is 52.2 cm³/mol. The molecule has 0 fully saturated rings. The Morgan fingerprint density at radius 3 is 2.79 bits per heavy atom. The van der Waals surface area contributed by atoms with Gasteiger partial charge < -0.3 is 4.74 Å². The number of benzene rings is 1. The molecule has 0 heterocycles. The van der Waals surface area contributed by atoms with Crippen LogP contribution in [0.2, 0.25) is 5.02 Å². The SMILES string of the molecule is C[C@@H](OC(=O)Cl)c1cc(Cl)ccc1F. The second-order valence-electron chi connectivity index (χ2n) is 2.66. The van der Waals surface area contributed by atoms with Gasteiger partial charge in [0.2, 0.25) is 0 Å². The molecule has 0 unspecified atom stereocenters. The van der Waals surface area contributed by atoms with Gasteiger partial charge in [0.05, 0.1) is 0 Å². The molecule has 0 aliphatic carbocycles. The Balaban J connectivity index is 2.93. The smallest absolute Gasteiger partial charge is 0.404 e. The molecule has 0 saturated carbocycles. The molecule has 0 aliphatic heterocycles. The largest absolute Gasteiger partial charge is 0.446 e. The fourth-order valence-electron chi connectivity index (χ4n) is 1.03. The quantitative estimate of drug-likeness (QED) is 0.728. The number of hydrogen-bond donors (Lipinski definition) is 0. The van der Waals surface area contributed by atoms with Crippen LogP contribution < -0.4 is 0 Å². The summed E-state index contributed by atoms with van der Waals surface area (Å²) in [4.78, 5) is 10.4.